The van der Waals surface area contributed by atoms with Gasteiger partial charge < -0.3 is 4.42 Å². The quantitative estimate of drug-likeness (QED) is 0.156. The maximum Gasteiger partial charge on any atom is 0.228 e. The van der Waals surface area contributed by atoms with E-state index in [1.165, 1.54) is 0 Å². The number of fused-ring (bicyclic) bond motifs is 3. The molecule has 0 radical (unpaired) electrons. The van der Waals surface area contributed by atoms with Gasteiger partial charge in [-0.25, -0.2) is 24.9 Å². The molecule has 6 heterocycles. The van der Waals surface area contributed by atoms with Crippen LogP contribution in [0.2, 0.25) is 0 Å². The van der Waals surface area contributed by atoms with Crippen molar-refractivity contribution in [2.75, 3.05) is 0 Å². The summed E-state index contributed by atoms with van der Waals surface area (Å²) < 4.78 is 6.33. The molecule has 0 aliphatic heterocycles. The monoisotopic (exact) mass is 758 g/mol. The van der Waals surface area contributed by atoms with Crippen molar-refractivity contribution in [3.05, 3.63) is 182 Å². The highest BCUT2D eigenvalue weighted by molar-refractivity contribution is 5.95. The Morgan fingerprint density at radius 3 is 1.36 bits per heavy atom. The van der Waals surface area contributed by atoms with E-state index in [-0.39, 0.29) is 0 Å². The summed E-state index contributed by atoms with van der Waals surface area (Å²) in [6, 6.07) is 54.3. The third-order valence-electron chi connectivity index (χ3n) is 10.3. The Hall–Kier alpha value is -8.30. The van der Waals surface area contributed by atoms with Crippen LogP contribution in [0.5, 0.6) is 0 Å². The average Bonchev–Trinajstić information content (AvgIpc) is 3.76. The van der Waals surface area contributed by atoms with Gasteiger partial charge in [0, 0.05) is 68.3 Å². The van der Waals surface area contributed by atoms with E-state index < -0.39 is 0 Å². The molecule has 0 amide bonds. The number of nitrogens with zero attached hydrogens (tertiary/aromatic N) is 8. The number of para-hydroxylation sites is 2. The van der Waals surface area contributed by atoms with Crippen molar-refractivity contribution < 1.29 is 4.42 Å². The molecule has 0 spiro atoms. The van der Waals surface area contributed by atoms with Crippen LogP contribution in [0.1, 0.15) is 0 Å². The Labute approximate surface area is 337 Å². The molecule has 6 aromatic heterocycles. The Kier molecular flexibility index (Phi) is 8.25. The molecule has 0 saturated carbocycles. The van der Waals surface area contributed by atoms with Gasteiger partial charge >= 0.3 is 0 Å². The first kappa shape index (κ1) is 34.0. The lowest BCUT2D eigenvalue weighted by atomic mass is 10.0. The van der Waals surface area contributed by atoms with Gasteiger partial charge in [-0.3, -0.25) is 9.97 Å². The SMILES string of the molecule is c1ccc(-c2cc(-c3cccc4cccnc34)nc(-c3cc(-c4nc(-c5ccccc5)cc(-c5cccc6cccnc56)n4)cc(-c4nc5ncccc5o4)c3)n2)cc1. The summed E-state index contributed by atoms with van der Waals surface area (Å²) in [4.78, 5) is 39.7. The van der Waals surface area contributed by atoms with E-state index in [4.69, 9.17) is 39.3 Å². The molecule has 0 unspecified atom stereocenters. The maximum atomic E-state index is 6.33. The highest BCUT2D eigenvalue weighted by atomic mass is 16.3. The highest BCUT2D eigenvalue weighted by Crippen LogP contribution is 2.37. The zero-order valence-corrected chi connectivity index (χ0v) is 31.3. The van der Waals surface area contributed by atoms with Crippen molar-refractivity contribution in [2.45, 2.75) is 0 Å². The van der Waals surface area contributed by atoms with E-state index in [1.807, 2.05) is 116 Å². The lowest BCUT2D eigenvalue weighted by Gasteiger charge is -2.14. The van der Waals surface area contributed by atoms with Gasteiger partial charge in [0.15, 0.2) is 22.9 Å². The lowest BCUT2D eigenvalue weighted by molar-refractivity contribution is 0.619. The van der Waals surface area contributed by atoms with Crippen LogP contribution in [0, 0.1) is 0 Å². The third-order valence-corrected chi connectivity index (χ3v) is 10.3. The summed E-state index contributed by atoms with van der Waals surface area (Å²) >= 11 is 0. The molecule has 9 nitrogen and oxygen atoms in total. The third kappa shape index (κ3) is 6.42. The molecular weight excluding hydrogens is 729 g/mol. The minimum atomic E-state index is 0.400. The van der Waals surface area contributed by atoms with Gasteiger partial charge in [-0.2, -0.15) is 4.98 Å². The molecule has 5 aromatic carbocycles. The molecule has 0 aliphatic rings. The van der Waals surface area contributed by atoms with E-state index in [2.05, 4.69) is 65.6 Å². The van der Waals surface area contributed by atoms with Crippen LogP contribution in [0.25, 0.3) is 112 Å². The first-order valence-electron chi connectivity index (χ1n) is 19.2. The topological polar surface area (TPSA) is 116 Å². The smallest absolute Gasteiger partial charge is 0.228 e. The van der Waals surface area contributed by atoms with Crippen LogP contribution in [-0.4, -0.2) is 39.9 Å². The largest absolute Gasteiger partial charge is 0.434 e. The molecule has 0 aliphatic carbocycles. The number of hydrogen-bond acceptors (Lipinski definition) is 9. The van der Waals surface area contributed by atoms with Crippen LogP contribution in [0.4, 0.5) is 0 Å². The molecule has 11 aromatic rings. The molecular formula is C50H30N8O. The van der Waals surface area contributed by atoms with Crippen molar-refractivity contribution in [3.63, 3.8) is 0 Å². The molecule has 59 heavy (non-hydrogen) atoms. The Bertz CT molecular complexity index is 3120. The van der Waals surface area contributed by atoms with Gasteiger partial charge in [-0.1, -0.05) is 109 Å². The number of oxazole rings is 1. The summed E-state index contributed by atoms with van der Waals surface area (Å²) in [5.74, 6) is 1.41. The normalized spacial score (nSPS) is 11.4. The van der Waals surface area contributed by atoms with E-state index in [1.54, 1.807) is 6.20 Å². The molecule has 0 fully saturated rings. The van der Waals surface area contributed by atoms with Gasteiger partial charge in [0.2, 0.25) is 5.89 Å². The maximum absolute atomic E-state index is 6.33. The first-order valence-corrected chi connectivity index (χ1v) is 19.2. The number of rotatable bonds is 7. The fourth-order valence-electron chi connectivity index (χ4n) is 7.47. The van der Waals surface area contributed by atoms with E-state index in [0.29, 0.717) is 34.3 Å². The fourth-order valence-corrected chi connectivity index (χ4v) is 7.47. The fraction of sp³-hybridized carbons (Fsp3) is 0. The van der Waals surface area contributed by atoms with Gasteiger partial charge in [0.25, 0.3) is 0 Å². The van der Waals surface area contributed by atoms with Crippen molar-refractivity contribution >= 4 is 33.0 Å². The predicted molar refractivity (Wildman–Crippen MR) is 232 cm³/mol. The number of pyridine rings is 3. The average molecular weight is 759 g/mol. The Morgan fingerprint density at radius 2 is 0.814 bits per heavy atom. The lowest BCUT2D eigenvalue weighted by Crippen LogP contribution is -1.99. The van der Waals surface area contributed by atoms with Crippen LogP contribution in [0.3, 0.4) is 0 Å². The summed E-state index contributed by atoms with van der Waals surface area (Å²) in [6.07, 6.45) is 5.32. The van der Waals surface area contributed by atoms with Gasteiger partial charge in [-0.05, 0) is 54.6 Å². The summed E-state index contributed by atoms with van der Waals surface area (Å²) in [7, 11) is 0. The number of hydrogen-bond donors (Lipinski definition) is 0. The predicted octanol–water partition coefficient (Wildman–Crippen LogP) is 11.6. The van der Waals surface area contributed by atoms with Crippen molar-refractivity contribution in [1.82, 2.24) is 39.9 Å². The van der Waals surface area contributed by atoms with Crippen LogP contribution < -0.4 is 0 Å². The number of benzene rings is 5. The summed E-state index contributed by atoms with van der Waals surface area (Å²) in [5, 5.41) is 2.04. The molecule has 9 heteroatoms. The van der Waals surface area contributed by atoms with Crippen LogP contribution in [0.15, 0.2) is 187 Å². The van der Waals surface area contributed by atoms with Gasteiger partial charge in [0.05, 0.1) is 33.8 Å². The molecule has 0 atom stereocenters. The Morgan fingerprint density at radius 1 is 0.339 bits per heavy atom. The molecule has 0 N–H and O–H groups in total. The zero-order valence-electron chi connectivity index (χ0n) is 31.3. The standard InChI is InChI=1S/C50H30N8O/c1-3-12-31(13-4-1)40-29-42(38-20-7-16-33-18-9-23-51-45(33)38)56-47(54-40)35-26-36(28-37(27-35)50-58-49-44(59-50)22-11-25-53-49)48-55-41(32-14-5-2-6-15-32)30-43(57-48)39-21-8-17-34-19-10-24-52-46(34)39/h1-30H. The van der Waals surface area contributed by atoms with E-state index in [0.717, 1.165) is 78.0 Å². The minimum Gasteiger partial charge on any atom is -0.434 e. The Balaban J connectivity index is 1.17. The summed E-state index contributed by atoms with van der Waals surface area (Å²) in [6.45, 7) is 0. The number of aromatic nitrogens is 8. The zero-order chi connectivity index (χ0) is 39.1. The van der Waals surface area contributed by atoms with Crippen molar-refractivity contribution in [3.8, 4) is 79.3 Å². The van der Waals surface area contributed by atoms with Crippen molar-refractivity contribution in [1.29, 1.82) is 0 Å². The van der Waals surface area contributed by atoms with Crippen molar-refractivity contribution in [2.24, 2.45) is 0 Å². The van der Waals surface area contributed by atoms with Crippen LogP contribution in [-0.2, 0) is 0 Å². The van der Waals surface area contributed by atoms with Crippen LogP contribution >= 0.6 is 0 Å². The van der Waals surface area contributed by atoms with Gasteiger partial charge in [-0.15, -0.1) is 0 Å². The first-order chi connectivity index (χ1) is 29.2. The summed E-state index contributed by atoms with van der Waals surface area (Å²) in [5.41, 5.74) is 11.7. The second-order valence-corrected chi connectivity index (χ2v) is 14.1. The minimum absolute atomic E-state index is 0.400. The second-order valence-electron chi connectivity index (χ2n) is 14.1. The molecule has 276 valence electrons. The van der Waals surface area contributed by atoms with E-state index >= 15 is 0 Å². The van der Waals surface area contributed by atoms with Gasteiger partial charge in [0.1, 0.15) is 0 Å². The molecule has 11 rings (SSSR count). The highest BCUT2D eigenvalue weighted by Gasteiger charge is 2.20. The van der Waals surface area contributed by atoms with E-state index in [9.17, 15) is 0 Å². The molecule has 0 saturated heterocycles. The molecule has 0 bridgehead atoms. The second kappa shape index (κ2) is 14.3.